The van der Waals surface area contributed by atoms with Crippen molar-refractivity contribution in [2.45, 2.75) is 13.0 Å². The van der Waals surface area contributed by atoms with Gasteiger partial charge in [-0.3, -0.25) is 0 Å². The summed E-state index contributed by atoms with van der Waals surface area (Å²) in [6, 6.07) is 0. The van der Waals surface area contributed by atoms with E-state index >= 15 is 0 Å². The standard InChI is InChI=1S/C4H10O2.3ClH.In/c1-4(5)3-6-2;;;;/h4-5H,3H2,1-2H3;3*1H;/q;;;;+3/p-3. The topological polar surface area (TPSA) is 29.5 Å². The maximum atomic E-state index is 8.43. The molecule has 1 N–H and O–H groups in total. The average molecular weight is 311 g/mol. The molecule has 6 heteroatoms. The molecule has 0 rings (SSSR count). The van der Waals surface area contributed by atoms with E-state index in [0.717, 1.165) is 0 Å². The summed E-state index contributed by atoms with van der Waals surface area (Å²) >= 11 is 0. The zero-order chi connectivity index (χ0) is 4.99. The Labute approximate surface area is 99.1 Å². The van der Waals surface area contributed by atoms with Crippen molar-refractivity contribution in [2.24, 2.45) is 0 Å². The van der Waals surface area contributed by atoms with Gasteiger partial charge in [0.1, 0.15) is 0 Å². The minimum Gasteiger partial charge on any atom is -1.00 e. The summed E-state index contributed by atoms with van der Waals surface area (Å²) in [4.78, 5) is 0. The van der Waals surface area contributed by atoms with Gasteiger partial charge < -0.3 is 47.1 Å². The van der Waals surface area contributed by atoms with Gasteiger partial charge in [0.15, 0.2) is 0 Å². The molecule has 0 saturated carbocycles. The molecule has 0 aromatic carbocycles. The van der Waals surface area contributed by atoms with Crippen LogP contribution in [0.4, 0.5) is 0 Å². The Bertz CT molecular complexity index is 39.7. The first-order chi connectivity index (χ1) is 2.77. The van der Waals surface area contributed by atoms with Crippen molar-refractivity contribution in [2.75, 3.05) is 13.7 Å². The van der Waals surface area contributed by atoms with Crippen molar-refractivity contribution in [3.05, 3.63) is 0 Å². The largest absolute Gasteiger partial charge is 3.00 e. The molecule has 62 valence electrons. The quantitative estimate of drug-likeness (QED) is 0.549. The molecule has 0 amide bonds. The van der Waals surface area contributed by atoms with Crippen LogP contribution < -0.4 is 37.2 Å². The van der Waals surface area contributed by atoms with Gasteiger partial charge in [-0.1, -0.05) is 0 Å². The third-order valence-corrected chi connectivity index (χ3v) is 0.408. The van der Waals surface area contributed by atoms with Gasteiger partial charge in [0.2, 0.25) is 0 Å². The molecule has 0 aliphatic carbocycles. The van der Waals surface area contributed by atoms with Gasteiger partial charge >= 0.3 is 25.8 Å². The van der Waals surface area contributed by atoms with Crippen molar-refractivity contribution >= 4 is 25.8 Å². The Kier molecular flexibility index (Phi) is 67.0. The minimum absolute atomic E-state index is 0. The molecule has 0 aliphatic rings. The van der Waals surface area contributed by atoms with Gasteiger partial charge in [-0.15, -0.1) is 0 Å². The number of rotatable bonds is 2. The first-order valence-corrected chi connectivity index (χ1v) is 1.94. The maximum absolute atomic E-state index is 8.43. The van der Waals surface area contributed by atoms with E-state index in [1.807, 2.05) is 0 Å². The smallest absolute Gasteiger partial charge is 1.00 e. The summed E-state index contributed by atoms with van der Waals surface area (Å²) in [5, 5.41) is 8.43. The zero-order valence-corrected chi connectivity index (χ0v) is 11.4. The van der Waals surface area contributed by atoms with Crippen molar-refractivity contribution in [1.82, 2.24) is 0 Å². The number of hydrogen-bond donors (Lipinski definition) is 1. The molecule has 0 aromatic rings. The van der Waals surface area contributed by atoms with Gasteiger partial charge in [0.25, 0.3) is 0 Å². The van der Waals surface area contributed by atoms with Crippen LogP contribution in [-0.4, -0.2) is 50.8 Å². The van der Waals surface area contributed by atoms with Crippen LogP contribution >= 0.6 is 0 Å². The second kappa shape index (κ2) is 22.4. The molecule has 0 bridgehead atoms. The second-order valence-corrected chi connectivity index (χ2v) is 1.30. The summed E-state index contributed by atoms with van der Waals surface area (Å²) < 4.78 is 4.55. The van der Waals surface area contributed by atoms with Crippen molar-refractivity contribution < 1.29 is 47.1 Å². The normalized spacial score (nSPS) is 8.70. The number of methoxy groups -OCH3 is 1. The molecule has 10 heavy (non-hydrogen) atoms. The second-order valence-electron chi connectivity index (χ2n) is 1.30. The number of ether oxygens (including phenoxy) is 1. The van der Waals surface area contributed by atoms with Gasteiger partial charge in [0.05, 0.1) is 12.7 Å². The van der Waals surface area contributed by atoms with Crippen LogP contribution in [0.2, 0.25) is 0 Å². The molecule has 0 saturated heterocycles. The van der Waals surface area contributed by atoms with Gasteiger partial charge in [-0.2, -0.15) is 0 Å². The van der Waals surface area contributed by atoms with Crippen LogP contribution in [0.25, 0.3) is 0 Å². The molecule has 1 atom stereocenters. The van der Waals surface area contributed by atoms with E-state index in [2.05, 4.69) is 4.74 Å². The van der Waals surface area contributed by atoms with Crippen LogP contribution in [-0.2, 0) is 4.74 Å². The van der Waals surface area contributed by atoms with Crippen LogP contribution in [0.3, 0.4) is 0 Å². The summed E-state index contributed by atoms with van der Waals surface area (Å²) in [5.74, 6) is 0. The number of aliphatic hydroxyl groups is 1. The van der Waals surface area contributed by atoms with E-state index in [4.69, 9.17) is 5.11 Å². The molecule has 0 aromatic heterocycles. The van der Waals surface area contributed by atoms with Crippen LogP contribution in [0.1, 0.15) is 6.92 Å². The van der Waals surface area contributed by atoms with E-state index in [1.54, 1.807) is 14.0 Å². The van der Waals surface area contributed by atoms with Gasteiger partial charge in [-0.25, -0.2) is 0 Å². The molecule has 2 nitrogen and oxygen atoms in total. The fourth-order valence-electron chi connectivity index (χ4n) is 0.241. The maximum Gasteiger partial charge on any atom is 3.00 e. The summed E-state index contributed by atoms with van der Waals surface area (Å²) in [7, 11) is 1.56. The van der Waals surface area contributed by atoms with E-state index in [0.29, 0.717) is 6.61 Å². The molecule has 0 heterocycles. The molecule has 0 fully saturated rings. The first kappa shape index (κ1) is 29.9. The monoisotopic (exact) mass is 310 g/mol. The molecular formula is C4H10Cl3InO2. The van der Waals surface area contributed by atoms with Gasteiger partial charge in [0, 0.05) is 7.11 Å². The molecular weight excluding hydrogens is 301 g/mol. The molecule has 0 radical (unpaired) electrons. The predicted molar refractivity (Wildman–Crippen MR) is 29.3 cm³/mol. The Hall–Kier alpha value is 1.66. The number of halogens is 3. The Morgan fingerprint density at radius 2 is 1.60 bits per heavy atom. The fourth-order valence-corrected chi connectivity index (χ4v) is 0.241. The number of aliphatic hydroxyl groups excluding tert-OH is 1. The van der Waals surface area contributed by atoms with Crippen LogP contribution in [0.5, 0.6) is 0 Å². The van der Waals surface area contributed by atoms with Crippen LogP contribution in [0, 0.1) is 0 Å². The van der Waals surface area contributed by atoms with Crippen molar-refractivity contribution in [3.63, 3.8) is 0 Å². The Balaban J connectivity index is -0.0000000208. The third-order valence-electron chi connectivity index (χ3n) is 0.408. The van der Waals surface area contributed by atoms with E-state index in [1.165, 1.54) is 0 Å². The van der Waals surface area contributed by atoms with Crippen LogP contribution in [0.15, 0.2) is 0 Å². The Morgan fingerprint density at radius 3 is 1.60 bits per heavy atom. The zero-order valence-electron chi connectivity index (χ0n) is 5.85. The predicted octanol–water partition coefficient (Wildman–Crippen LogP) is -9.36. The number of hydrogen-bond acceptors (Lipinski definition) is 2. The van der Waals surface area contributed by atoms with Gasteiger partial charge in [-0.05, 0) is 6.92 Å². The minimum atomic E-state index is -0.324. The SMILES string of the molecule is COCC(C)O.[Cl-].[Cl-].[Cl-].[In+3]. The summed E-state index contributed by atoms with van der Waals surface area (Å²) in [6.07, 6.45) is -0.324. The van der Waals surface area contributed by atoms with E-state index in [9.17, 15) is 0 Å². The van der Waals surface area contributed by atoms with E-state index in [-0.39, 0.29) is 69.2 Å². The Morgan fingerprint density at radius 1 is 1.30 bits per heavy atom. The average Bonchev–Trinajstić information content (AvgIpc) is 1.35. The molecule has 0 spiro atoms. The summed E-state index contributed by atoms with van der Waals surface area (Å²) in [5.41, 5.74) is 0. The molecule has 1 unspecified atom stereocenters. The fraction of sp³-hybridized carbons (Fsp3) is 1.00. The summed E-state index contributed by atoms with van der Waals surface area (Å²) in [6.45, 7) is 2.11. The third kappa shape index (κ3) is 33.4. The first-order valence-electron chi connectivity index (χ1n) is 1.94. The van der Waals surface area contributed by atoms with E-state index < -0.39 is 0 Å². The van der Waals surface area contributed by atoms with Crippen molar-refractivity contribution in [1.29, 1.82) is 0 Å². The molecule has 0 aliphatic heterocycles. The van der Waals surface area contributed by atoms with Crippen molar-refractivity contribution in [3.8, 4) is 0 Å².